The third-order valence-electron chi connectivity index (χ3n) is 5.36. The summed E-state index contributed by atoms with van der Waals surface area (Å²) in [4.78, 5) is 19.3. The number of carboxylic acids is 1. The van der Waals surface area contributed by atoms with Gasteiger partial charge in [0.25, 0.3) is 0 Å². The maximum atomic E-state index is 11.4. The molecule has 4 aromatic heterocycles. The van der Waals surface area contributed by atoms with Crippen LogP contribution in [0.15, 0.2) is 47.2 Å². The van der Waals surface area contributed by atoms with E-state index in [9.17, 15) is 9.90 Å². The molecule has 0 aliphatic heterocycles. The summed E-state index contributed by atoms with van der Waals surface area (Å²) >= 11 is 0. The Balaban J connectivity index is 1.76. The number of H-pyrrole nitrogens is 1. The summed E-state index contributed by atoms with van der Waals surface area (Å²) in [6.45, 7) is 3.82. The summed E-state index contributed by atoms with van der Waals surface area (Å²) in [7, 11) is 1.95. The number of benzene rings is 1. The van der Waals surface area contributed by atoms with E-state index in [1.807, 2.05) is 49.9 Å². The van der Waals surface area contributed by atoms with Crippen molar-refractivity contribution in [3.05, 3.63) is 59.7 Å². The van der Waals surface area contributed by atoms with Crippen LogP contribution < -0.4 is 0 Å². The molecule has 0 aliphatic rings. The van der Waals surface area contributed by atoms with Gasteiger partial charge >= 0.3 is 5.97 Å². The van der Waals surface area contributed by atoms with E-state index in [0.29, 0.717) is 0 Å². The topological polar surface area (TPSA) is 96.9 Å². The van der Waals surface area contributed by atoms with E-state index < -0.39 is 5.97 Å². The van der Waals surface area contributed by atoms with Crippen molar-refractivity contribution in [2.24, 2.45) is 7.05 Å². The van der Waals surface area contributed by atoms with Crippen LogP contribution in [0.4, 0.5) is 0 Å². The number of hydrogen-bond donors (Lipinski definition) is 2. The van der Waals surface area contributed by atoms with Crippen molar-refractivity contribution in [1.82, 2.24) is 19.7 Å². The molecule has 2 N–H and O–H groups in total. The molecule has 7 heteroatoms. The van der Waals surface area contributed by atoms with Gasteiger partial charge in [-0.1, -0.05) is 5.16 Å². The molecule has 7 nitrogen and oxygen atoms in total. The lowest BCUT2D eigenvalue weighted by molar-refractivity contribution is 0.0697. The molecule has 0 radical (unpaired) electrons. The molecular weight excluding hydrogens is 368 g/mol. The maximum absolute atomic E-state index is 11.4. The highest BCUT2D eigenvalue weighted by Crippen LogP contribution is 2.37. The predicted molar refractivity (Wildman–Crippen MR) is 110 cm³/mol. The zero-order valence-electron chi connectivity index (χ0n) is 16.1. The third-order valence-corrected chi connectivity index (χ3v) is 5.36. The Hall–Kier alpha value is -3.87. The first kappa shape index (κ1) is 17.2. The van der Waals surface area contributed by atoms with Crippen LogP contribution >= 0.6 is 0 Å². The molecule has 5 aromatic rings. The Morgan fingerprint density at radius 2 is 1.97 bits per heavy atom. The maximum Gasteiger partial charge on any atom is 0.335 e. The molecule has 0 bridgehead atoms. The number of carboxylic acid groups (broad SMARTS) is 1. The lowest BCUT2D eigenvalue weighted by atomic mass is 10.0. The molecule has 0 amide bonds. The average molecular weight is 386 g/mol. The van der Waals surface area contributed by atoms with Crippen LogP contribution in [0, 0.1) is 13.8 Å². The Morgan fingerprint density at radius 3 is 2.69 bits per heavy atom. The number of aromatic carboxylic acids is 1. The number of aryl methyl sites for hydroxylation is 3. The normalized spacial score (nSPS) is 11.6. The summed E-state index contributed by atoms with van der Waals surface area (Å²) < 4.78 is 7.34. The van der Waals surface area contributed by atoms with E-state index >= 15 is 0 Å². The molecule has 1 aromatic carbocycles. The van der Waals surface area contributed by atoms with Gasteiger partial charge < -0.3 is 19.2 Å². The number of rotatable bonds is 3. The third kappa shape index (κ3) is 2.55. The largest absolute Gasteiger partial charge is 0.478 e. The van der Waals surface area contributed by atoms with Gasteiger partial charge in [-0.25, -0.2) is 9.78 Å². The van der Waals surface area contributed by atoms with Gasteiger partial charge in [0.05, 0.1) is 11.3 Å². The number of carbonyl (C=O) groups is 1. The van der Waals surface area contributed by atoms with E-state index in [1.54, 1.807) is 18.3 Å². The summed E-state index contributed by atoms with van der Waals surface area (Å²) in [5.74, 6) is -0.185. The van der Waals surface area contributed by atoms with E-state index in [0.717, 1.165) is 55.8 Å². The molecule has 0 aliphatic carbocycles. The number of aromatic nitrogens is 4. The second kappa shape index (κ2) is 6.07. The summed E-state index contributed by atoms with van der Waals surface area (Å²) in [5, 5.41) is 15.3. The van der Waals surface area contributed by atoms with Crippen molar-refractivity contribution in [2.45, 2.75) is 13.8 Å². The molecule has 0 saturated carbocycles. The van der Waals surface area contributed by atoms with Crippen molar-refractivity contribution >= 4 is 27.9 Å². The smallest absolute Gasteiger partial charge is 0.335 e. The Bertz CT molecular complexity index is 1400. The molecule has 5 rings (SSSR count). The summed E-state index contributed by atoms with van der Waals surface area (Å²) in [6, 6.07) is 9.17. The SMILES string of the molecule is Cc1noc(C)c1-c1ccnc2[nH]c(-c3cn(C)c4ccc(C(=O)O)cc34)cc12. The van der Waals surface area contributed by atoms with Gasteiger partial charge in [0, 0.05) is 52.6 Å². The second-order valence-electron chi connectivity index (χ2n) is 7.19. The lowest BCUT2D eigenvalue weighted by Crippen LogP contribution is -1.95. The fraction of sp³-hybridized carbons (Fsp3) is 0.136. The Kier molecular flexibility index (Phi) is 3.61. The Labute approximate surface area is 165 Å². The monoisotopic (exact) mass is 386 g/mol. The zero-order chi connectivity index (χ0) is 20.3. The minimum atomic E-state index is -0.944. The van der Waals surface area contributed by atoms with Crippen molar-refractivity contribution in [1.29, 1.82) is 0 Å². The molecule has 144 valence electrons. The number of hydrogen-bond acceptors (Lipinski definition) is 4. The van der Waals surface area contributed by atoms with Gasteiger partial charge in [0.15, 0.2) is 0 Å². The van der Waals surface area contributed by atoms with Gasteiger partial charge in [-0.15, -0.1) is 0 Å². The minimum absolute atomic E-state index is 0.260. The fourth-order valence-electron chi connectivity index (χ4n) is 4.00. The average Bonchev–Trinajstić information content (AvgIpc) is 3.37. The van der Waals surface area contributed by atoms with Crippen molar-refractivity contribution in [3.63, 3.8) is 0 Å². The van der Waals surface area contributed by atoms with Gasteiger partial charge in [-0.05, 0) is 49.7 Å². The van der Waals surface area contributed by atoms with Crippen LogP contribution in [0.1, 0.15) is 21.8 Å². The van der Waals surface area contributed by atoms with Crippen molar-refractivity contribution < 1.29 is 14.4 Å². The van der Waals surface area contributed by atoms with Crippen molar-refractivity contribution in [3.8, 4) is 22.4 Å². The number of aromatic amines is 1. The summed E-state index contributed by atoms with van der Waals surface area (Å²) in [5.41, 5.74) is 6.57. The molecule has 0 saturated heterocycles. The first-order chi connectivity index (χ1) is 13.9. The molecule has 0 spiro atoms. The van der Waals surface area contributed by atoms with Gasteiger partial charge in [-0.3, -0.25) is 0 Å². The zero-order valence-corrected chi connectivity index (χ0v) is 16.1. The molecule has 29 heavy (non-hydrogen) atoms. The summed E-state index contributed by atoms with van der Waals surface area (Å²) in [6.07, 6.45) is 3.76. The van der Waals surface area contributed by atoms with Crippen LogP contribution in [0.3, 0.4) is 0 Å². The first-order valence-electron chi connectivity index (χ1n) is 9.17. The molecule has 0 fully saturated rings. The number of nitrogens with zero attached hydrogens (tertiary/aromatic N) is 3. The first-order valence-corrected chi connectivity index (χ1v) is 9.17. The predicted octanol–water partition coefficient (Wildman–Crippen LogP) is 4.69. The highest BCUT2D eigenvalue weighted by Gasteiger charge is 2.18. The van der Waals surface area contributed by atoms with Crippen LogP contribution in [0.5, 0.6) is 0 Å². The van der Waals surface area contributed by atoms with E-state index in [-0.39, 0.29) is 5.56 Å². The van der Waals surface area contributed by atoms with Gasteiger partial charge in [-0.2, -0.15) is 0 Å². The van der Waals surface area contributed by atoms with Gasteiger partial charge in [0.2, 0.25) is 0 Å². The molecular formula is C22H18N4O3. The molecule has 0 unspecified atom stereocenters. The molecule has 4 heterocycles. The highest BCUT2D eigenvalue weighted by molar-refractivity contribution is 6.03. The number of nitrogens with one attached hydrogen (secondary N) is 1. The van der Waals surface area contributed by atoms with E-state index in [1.165, 1.54) is 0 Å². The number of pyridine rings is 1. The standard InChI is InChI=1S/C22H18N4O3/c1-11-20(12(2)29-25-11)14-6-7-23-21-16(14)9-18(24-21)17-10-26(3)19-5-4-13(22(27)28)8-15(17)19/h4-10H,1-3H3,(H,23,24)(H,27,28). The van der Waals surface area contributed by atoms with E-state index in [2.05, 4.69) is 15.1 Å². The second-order valence-corrected chi connectivity index (χ2v) is 7.19. The highest BCUT2D eigenvalue weighted by atomic mass is 16.5. The quantitative estimate of drug-likeness (QED) is 0.469. The number of fused-ring (bicyclic) bond motifs is 2. The Morgan fingerprint density at radius 1 is 1.14 bits per heavy atom. The lowest BCUT2D eigenvalue weighted by Gasteiger charge is -2.01. The van der Waals surface area contributed by atoms with Crippen LogP contribution in [0.2, 0.25) is 0 Å². The van der Waals surface area contributed by atoms with E-state index in [4.69, 9.17) is 4.52 Å². The van der Waals surface area contributed by atoms with Crippen molar-refractivity contribution in [2.75, 3.05) is 0 Å². The van der Waals surface area contributed by atoms with Crippen LogP contribution in [-0.2, 0) is 7.05 Å². The molecule has 0 atom stereocenters. The van der Waals surface area contributed by atoms with Crippen LogP contribution in [-0.4, -0.2) is 30.8 Å². The van der Waals surface area contributed by atoms with Crippen LogP contribution in [0.25, 0.3) is 44.3 Å². The fourth-order valence-corrected chi connectivity index (χ4v) is 4.00. The van der Waals surface area contributed by atoms with Gasteiger partial charge in [0.1, 0.15) is 11.4 Å². The minimum Gasteiger partial charge on any atom is -0.478 e.